The van der Waals surface area contributed by atoms with Crippen molar-refractivity contribution in [1.29, 1.82) is 0 Å². The molecule has 11 nitrogen and oxygen atoms in total. The number of amides is 4. The zero-order valence-electron chi connectivity index (χ0n) is 32.4. The molecule has 1 aliphatic carbocycles. The number of nitrogens with one attached hydrogen (secondary N) is 4. The Morgan fingerprint density at radius 3 is 1.88 bits per heavy atom. The Morgan fingerprint density at radius 1 is 0.807 bits per heavy atom. The number of pyridine rings is 1. The van der Waals surface area contributed by atoms with Crippen LogP contribution < -0.4 is 21.3 Å². The molecule has 1 heterocycles. The van der Waals surface area contributed by atoms with Gasteiger partial charge in [-0.2, -0.15) is 0 Å². The minimum Gasteiger partial charge on any atom is -0.389 e. The molecule has 0 unspecified atom stereocenters. The van der Waals surface area contributed by atoms with Gasteiger partial charge >= 0.3 is 0 Å². The molecular weight excluding hydrogens is 739 g/mol. The molecule has 0 saturated heterocycles. The van der Waals surface area contributed by atoms with Crippen LogP contribution in [0.15, 0.2) is 128 Å². The maximum absolute atomic E-state index is 14.5. The number of benzene rings is 3. The Morgan fingerprint density at radius 2 is 1.37 bits per heavy atom. The fraction of sp³-hybridized carbons (Fsp3) is 0.333. The van der Waals surface area contributed by atoms with Crippen LogP contribution in [0.3, 0.4) is 0 Å². The van der Waals surface area contributed by atoms with Gasteiger partial charge in [0, 0.05) is 24.6 Å². The summed E-state index contributed by atoms with van der Waals surface area (Å²) in [6.07, 6.45) is 7.73. The molecule has 5 N–H and O–H groups in total. The third-order valence-electron chi connectivity index (χ3n) is 9.73. The van der Waals surface area contributed by atoms with Gasteiger partial charge in [0.25, 0.3) is 0 Å². The number of aliphatic hydroxyl groups is 1. The van der Waals surface area contributed by atoms with Crippen molar-refractivity contribution in [1.82, 2.24) is 26.3 Å². The lowest BCUT2D eigenvalue weighted by molar-refractivity contribution is -0.134. The summed E-state index contributed by atoms with van der Waals surface area (Å²) in [6, 6.07) is 30.9. The van der Waals surface area contributed by atoms with Crippen molar-refractivity contribution in [3.05, 3.63) is 150 Å². The normalized spacial score (nSPS) is 14.8. The second-order valence-corrected chi connectivity index (χ2v) is 15.5. The Hall–Kier alpha value is -5.59. The van der Waals surface area contributed by atoms with E-state index >= 15 is 0 Å². The highest BCUT2D eigenvalue weighted by Crippen LogP contribution is 2.48. The number of allylic oxidation sites excluding steroid dienone is 1. The largest absolute Gasteiger partial charge is 0.389 e. The van der Waals surface area contributed by atoms with Crippen LogP contribution in [0.5, 0.6) is 0 Å². The summed E-state index contributed by atoms with van der Waals surface area (Å²) >= 11 is 1.47. The molecule has 1 aromatic heterocycles. The SMILES string of the molecule is CCC/C=C/[C@H](O)CC(=O)N[C@H](Cc1ccncc1)C(=O)N[C@H](CSC(c1ccccc1)(c1ccccc1)c1ccccc1)C(=O)NC1(C(=O)NCC(C)=O)CC1. The van der Waals surface area contributed by atoms with Crippen LogP contribution in [-0.2, 0) is 35.1 Å². The van der Waals surface area contributed by atoms with Crippen LogP contribution >= 0.6 is 11.8 Å². The number of Topliss-reactive ketones (excluding diaryl/α,β-unsaturated/α-hetero) is 1. The number of hydrogen-bond acceptors (Lipinski definition) is 8. The predicted octanol–water partition coefficient (Wildman–Crippen LogP) is 4.78. The Labute approximate surface area is 338 Å². The van der Waals surface area contributed by atoms with Crippen molar-refractivity contribution < 1.29 is 29.1 Å². The molecule has 12 heteroatoms. The van der Waals surface area contributed by atoms with E-state index in [0.717, 1.165) is 35.1 Å². The molecule has 5 rings (SSSR count). The highest BCUT2D eigenvalue weighted by Gasteiger charge is 2.52. The molecule has 1 saturated carbocycles. The van der Waals surface area contributed by atoms with Gasteiger partial charge in [0.2, 0.25) is 23.6 Å². The molecule has 3 atom stereocenters. The number of aromatic nitrogens is 1. The van der Waals surface area contributed by atoms with E-state index in [-0.39, 0.29) is 30.9 Å². The summed E-state index contributed by atoms with van der Waals surface area (Å²) in [5.41, 5.74) is 2.36. The smallest absolute Gasteiger partial charge is 0.246 e. The second kappa shape index (κ2) is 20.5. The van der Waals surface area contributed by atoms with E-state index in [1.54, 1.807) is 30.6 Å². The molecule has 1 fully saturated rings. The number of nitrogens with zero attached hydrogens (tertiary/aromatic N) is 1. The highest BCUT2D eigenvalue weighted by molar-refractivity contribution is 8.00. The van der Waals surface area contributed by atoms with E-state index in [1.807, 2.05) is 104 Å². The number of carbonyl (C=O) groups is 5. The van der Waals surface area contributed by atoms with E-state index in [2.05, 4.69) is 26.3 Å². The monoisotopic (exact) mass is 789 g/mol. The Balaban J connectivity index is 1.49. The van der Waals surface area contributed by atoms with Gasteiger partial charge < -0.3 is 26.4 Å². The lowest BCUT2D eigenvalue weighted by Crippen LogP contribution is -2.59. The average molecular weight is 790 g/mol. The van der Waals surface area contributed by atoms with Crippen molar-refractivity contribution in [2.24, 2.45) is 0 Å². The minimum atomic E-state index is -1.22. The topological polar surface area (TPSA) is 167 Å². The first-order chi connectivity index (χ1) is 27.6. The fourth-order valence-corrected chi connectivity index (χ4v) is 8.12. The van der Waals surface area contributed by atoms with Crippen molar-refractivity contribution >= 4 is 41.2 Å². The van der Waals surface area contributed by atoms with Crippen LogP contribution in [0.25, 0.3) is 0 Å². The molecule has 298 valence electrons. The summed E-state index contributed by atoms with van der Waals surface area (Å²) in [6.45, 7) is 3.21. The molecule has 3 aromatic carbocycles. The van der Waals surface area contributed by atoms with Crippen molar-refractivity contribution in [3.63, 3.8) is 0 Å². The van der Waals surface area contributed by atoms with Crippen molar-refractivity contribution in [2.75, 3.05) is 12.3 Å². The number of carbonyl (C=O) groups excluding carboxylic acids is 5. The third-order valence-corrected chi connectivity index (χ3v) is 11.4. The lowest BCUT2D eigenvalue weighted by Gasteiger charge is -2.37. The second-order valence-electron chi connectivity index (χ2n) is 14.3. The third kappa shape index (κ3) is 11.7. The van der Waals surface area contributed by atoms with Gasteiger partial charge in [-0.05, 0) is 60.6 Å². The van der Waals surface area contributed by atoms with Gasteiger partial charge in [0.1, 0.15) is 23.4 Å². The number of ketones is 1. The molecule has 0 bridgehead atoms. The van der Waals surface area contributed by atoms with Gasteiger partial charge in [0.15, 0.2) is 0 Å². The molecule has 0 spiro atoms. The summed E-state index contributed by atoms with van der Waals surface area (Å²) < 4.78 is -0.838. The maximum atomic E-state index is 14.5. The fourth-order valence-electron chi connectivity index (χ4n) is 6.56. The van der Waals surface area contributed by atoms with E-state index < -0.39 is 52.1 Å². The number of unbranched alkanes of at least 4 members (excludes halogenated alkanes) is 1. The van der Waals surface area contributed by atoms with Gasteiger partial charge in [-0.1, -0.05) is 116 Å². The summed E-state index contributed by atoms with van der Waals surface area (Å²) in [4.78, 5) is 71.1. The van der Waals surface area contributed by atoms with E-state index in [1.165, 1.54) is 18.7 Å². The van der Waals surface area contributed by atoms with E-state index in [4.69, 9.17) is 0 Å². The summed E-state index contributed by atoms with van der Waals surface area (Å²) in [5.74, 6) is -2.38. The number of thioether (sulfide) groups is 1. The zero-order valence-corrected chi connectivity index (χ0v) is 33.2. The highest BCUT2D eigenvalue weighted by atomic mass is 32.2. The molecule has 1 aliphatic rings. The molecule has 4 amide bonds. The Kier molecular flexibility index (Phi) is 15.3. The number of aliphatic hydroxyl groups excluding tert-OH is 1. The minimum absolute atomic E-state index is 0.0538. The van der Waals surface area contributed by atoms with Crippen LogP contribution in [0.1, 0.15) is 68.2 Å². The maximum Gasteiger partial charge on any atom is 0.246 e. The van der Waals surface area contributed by atoms with Crippen LogP contribution in [0.4, 0.5) is 0 Å². The van der Waals surface area contributed by atoms with E-state index in [0.29, 0.717) is 12.8 Å². The molecule has 0 radical (unpaired) electrons. The van der Waals surface area contributed by atoms with Crippen LogP contribution in [-0.4, -0.2) is 75.5 Å². The first-order valence-corrected chi connectivity index (χ1v) is 20.3. The van der Waals surface area contributed by atoms with Crippen molar-refractivity contribution in [3.8, 4) is 0 Å². The molecule has 4 aromatic rings. The van der Waals surface area contributed by atoms with Crippen LogP contribution in [0, 0.1) is 0 Å². The van der Waals surface area contributed by atoms with Gasteiger partial charge in [0.05, 0.1) is 23.8 Å². The lowest BCUT2D eigenvalue weighted by atomic mass is 9.84. The van der Waals surface area contributed by atoms with Gasteiger partial charge in [-0.3, -0.25) is 29.0 Å². The number of rotatable bonds is 21. The van der Waals surface area contributed by atoms with E-state index in [9.17, 15) is 29.1 Å². The van der Waals surface area contributed by atoms with Crippen LogP contribution in [0.2, 0.25) is 0 Å². The van der Waals surface area contributed by atoms with Crippen molar-refractivity contribution in [2.45, 2.75) is 80.8 Å². The standard InChI is InChI=1S/C45H51N5O6S/c1-3-4-8-21-37(52)29-40(53)48-38(28-33-22-26-46-27-23-33)41(54)49-39(42(55)50-44(24-25-44)43(56)47-30-32(2)51)31-57-45(34-15-9-5-10-16-34,35-17-11-6-12-18-35)36-19-13-7-14-20-36/h5-23,26-27,37-39,52H,3-4,24-25,28-31H2,1-2H3,(H,47,56)(H,48,53)(H,49,54)(H,50,55)/b21-8+/t37-,38+,39+/m0/s1. The summed E-state index contributed by atoms with van der Waals surface area (Å²) in [7, 11) is 0. The predicted molar refractivity (Wildman–Crippen MR) is 222 cm³/mol. The molecular formula is C45H51N5O6S. The number of hydrogen-bond donors (Lipinski definition) is 5. The summed E-state index contributed by atoms with van der Waals surface area (Å²) in [5, 5.41) is 21.7. The van der Waals surface area contributed by atoms with Gasteiger partial charge in [-0.25, -0.2) is 0 Å². The van der Waals surface area contributed by atoms with Gasteiger partial charge in [-0.15, -0.1) is 11.8 Å². The average Bonchev–Trinajstić information content (AvgIpc) is 4.01. The first-order valence-electron chi connectivity index (χ1n) is 19.3. The molecule has 0 aliphatic heterocycles. The zero-order chi connectivity index (χ0) is 40.7. The first kappa shape index (κ1) is 42.6. The quantitative estimate of drug-likeness (QED) is 0.0595. The Bertz CT molecular complexity index is 1880. The molecule has 57 heavy (non-hydrogen) atoms.